The minimum absolute atomic E-state index is 0. The molecule has 0 aliphatic rings. The van der Waals surface area contributed by atoms with Crippen molar-refractivity contribution in [3.63, 3.8) is 0 Å². The van der Waals surface area contributed by atoms with Gasteiger partial charge in [0.25, 0.3) is 5.89 Å². The van der Waals surface area contributed by atoms with Crippen LogP contribution in [0.2, 0.25) is 0 Å². The average Bonchev–Trinajstić information content (AvgIpc) is 3.39. The first-order valence-electron chi connectivity index (χ1n) is 9.04. The van der Waals surface area contributed by atoms with Crippen molar-refractivity contribution >= 4 is 41.3 Å². The Bertz CT molecular complexity index is 837. The summed E-state index contributed by atoms with van der Waals surface area (Å²) < 4.78 is 5.28. The molecule has 0 bridgehead atoms. The molecule has 28 heavy (non-hydrogen) atoms. The lowest BCUT2D eigenvalue weighted by Gasteiger charge is -2.12. The molecule has 0 amide bonds. The monoisotopic (exact) mass is 512 g/mol. The number of aromatic nitrogens is 3. The molecule has 0 saturated carbocycles. The summed E-state index contributed by atoms with van der Waals surface area (Å²) in [5.41, 5.74) is 2.01. The number of guanidine groups is 1. The van der Waals surface area contributed by atoms with Gasteiger partial charge in [0.2, 0.25) is 0 Å². The van der Waals surface area contributed by atoms with Gasteiger partial charge in [-0.25, -0.2) is 0 Å². The van der Waals surface area contributed by atoms with Gasteiger partial charge in [0.15, 0.2) is 11.8 Å². The van der Waals surface area contributed by atoms with E-state index in [9.17, 15) is 0 Å². The predicted molar refractivity (Wildman–Crippen MR) is 123 cm³/mol. The maximum Gasteiger partial charge on any atom is 0.276 e. The molecule has 0 aliphatic carbocycles. The second-order valence-corrected chi connectivity index (χ2v) is 6.86. The van der Waals surface area contributed by atoms with Crippen molar-refractivity contribution in [2.24, 2.45) is 4.99 Å². The highest BCUT2D eigenvalue weighted by atomic mass is 127. The largest absolute Gasteiger partial charge is 0.357 e. The van der Waals surface area contributed by atoms with Crippen LogP contribution < -0.4 is 10.6 Å². The molecule has 1 atom stereocenters. The van der Waals surface area contributed by atoms with E-state index in [-0.39, 0.29) is 24.0 Å². The molecule has 9 heteroatoms. The summed E-state index contributed by atoms with van der Waals surface area (Å²) in [7, 11) is 0. The van der Waals surface area contributed by atoms with Gasteiger partial charge in [-0.2, -0.15) is 16.3 Å². The Kier molecular flexibility index (Phi) is 9.35. The van der Waals surface area contributed by atoms with Crippen LogP contribution in [0.15, 0.2) is 50.7 Å². The molecule has 150 valence electrons. The van der Waals surface area contributed by atoms with Gasteiger partial charge in [0, 0.05) is 38.2 Å². The van der Waals surface area contributed by atoms with E-state index >= 15 is 0 Å². The topological polar surface area (TPSA) is 88.2 Å². The highest BCUT2D eigenvalue weighted by molar-refractivity contribution is 14.0. The second-order valence-electron chi connectivity index (χ2n) is 6.08. The normalized spacial score (nSPS) is 12.3. The Morgan fingerprint density at radius 1 is 1.29 bits per heavy atom. The van der Waals surface area contributed by atoms with Crippen LogP contribution in [0.5, 0.6) is 0 Å². The van der Waals surface area contributed by atoms with Crippen LogP contribution in [-0.4, -0.2) is 40.7 Å². The zero-order chi connectivity index (χ0) is 18.9. The maximum absolute atomic E-state index is 5.28. The van der Waals surface area contributed by atoms with Crippen LogP contribution >= 0.6 is 35.3 Å². The van der Waals surface area contributed by atoms with Crippen molar-refractivity contribution in [3.05, 3.63) is 52.6 Å². The van der Waals surface area contributed by atoms with Gasteiger partial charge in [-0.05, 0) is 41.4 Å². The van der Waals surface area contributed by atoms with Crippen molar-refractivity contribution in [1.29, 1.82) is 0 Å². The molecule has 1 unspecified atom stereocenters. The second kappa shape index (κ2) is 11.7. The van der Waals surface area contributed by atoms with Crippen LogP contribution in [0, 0.1) is 0 Å². The lowest BCUT2D eigenvalue weighted by molar-refractivity contribution is 0.421. The molecule has 3 aromatic heterocycles. The summed E-state index contributed by atoms with van der Waals surface area (Å²) in [6, 6.07) is 7.75. The summed E-state index contributed by atoms with van der Waals surface area (Å²) in [5, 5.41) is 14.9. The van der Waals surface area contributed by atoms with Crippen LogP contribution in [0.25, 0.3) is 11.6 Å². The van der Waals surface area contributed by atoms with Gasteiger partial charge < -0.3 is 15.2 Å². The molecule has 0 spiro atoms. The van der Waals surface area contributed by atoms with Crippen LogP contribution in [-0.2, 0) is 6.42 Å². The summed E-state index contributed by atoms with van der Waals surface area (Å²) >= 11 is 1.72. The van der Waals surface area contributed by atoms with Gasteiger partial charge in [-0.15, -0.1) is 24.0 Å². The van der Waals surface area contributed by atoms with Gasteiger partial charge in [-0.3, -0.25) is 9.98 Å². The lowest BCUT2D eigenvalue weighted by atomic mass is 10.1. The number of thiophene rings is 1. The summed E-state index contributed by atoms with van der Waals surface area (Å²) in [5.74, 6) is 2.28. The van der Waals surface area contributed by atoms with Crippen molar-refractivity contribution in [1.82, 2.24) is 25.8 Å². The summed E-state index contributed by atoms with van der Waals surface area (Å²) in [4.78, 5) is 13.3. The minimum Gasteiger partial charge on any atom is -0.357 e. The van der Waals surface area contributed by atoms with Crippen LogP contribution in [0.4, 0.5) is 0 Å². The number of nitrogens with one attached hydrogen (secondary N) is 2. The molecular weight excluding hydrogens is 487 g/mol. The van der Waals surface area contributed by atoms with E-state index in [0.717, 1.165) is 19.0 Å². The molecule has 3 heterocycles. The fraction of sp³-hybridized carbons (Fsp3) is 0.368. The molecule has 0 aromatic carbocycles. The number of hydrogen-bond donors (Lipinski definition) is 2. The first-order valence-corrected chi connectivity index (χ1v) is 9.98. The van der Waals surface area contributed by atoms with E-state index in [0.29, 0.717) is 36.3 Å². The fourth-order valence-electron chi connectivity index (χ4n) is 2.47. The Morgan fingerprint density at radius 3 is 2.89 bits per heavy atom. The summed E-state index contributed by atoms with van der Waals surface area (Å²) in [6.45, 7) is 6.45. The Labute approximate surface area is 186 Å². The zero-order valence-corrected chi connectivity index (χ0v) is 19.1. The molecule has 3 aromatic rings. The average molecular weight is 512 g/mol. The molecule has 0 radical (unpaired) electrons. The van der Waals surface area contributed by atoms with E-state index < -0.39 is 0 Å². The first-order chi connectivity index (χ1) is 13.3. The van der Waals surface area contributed by atoms with Gasteiger partial charge in [0.1, 0.15) is 5.69 Å². The Hall–Kier alpha value is -2.01. The third kappa shape index (κ3) is 6.55. The SMILES string of the molecule is CCNC(=NCC(C)c1ccsc1)NCCc1noc(-c2ccccn2)n1.I. The maximum atomic E-state index is 5.28. The first kappa shape index (κ1) is 22.3. The number of rotatable bonds is 8. The Morgan fingerprint density at radius 2 is 2.18 bits per heavy atom. The molecule has 2 N–H and O–H groups in total. The number of hydrogen-bond acceptors (Lipinski definition) is 6. The molecule has 0 saturated heterocycles. The predicted octanol–water partition coefficient (Wildman–Crippen LogP) is 3.71. The number of nitrogens with zero attached hydrogens (tertiary/aromatic N) is 4. The van der Waals surface area contributed by atoms with Crippen LogP contribution in [0.3, 0.4) is 0 Å². The molecule has 7 nitrogen and oxygen atoms in total. The van der Waals surface area contributed by atoms with Gasteiger partial charge >= 0.3 is 0 Å². The zero-order valence-electron chi connectivity index (χ0n) is 16.0. The third-order valence-corrected chi connectivity index (χ3v) is 4.67. The standard InChI is InChI=1S/C19H24N6OS.HI/c1-3-20-19(23-12-14(2)15-8-11-27-13-15)22-10-7-17-24-18(26-25-17)16-6-4-5-9-21-16;/h4-6,8-9,11,13-14H,3,7,10,12H2,1-2H3,(H2,20,22,23);1H. The lowest BCUT2D eigenvalue weighted by Crippen LogP contribution is -2.38. The fourth-order valence-corrected chi connectivity index (χ4v) is 3.25. The van der Waals surface area contributed by atoms with Gasteiger partial charge in [0.05, 0.1) is 0 Å². The third-order valence-electron chi connectivity index (χ3n) is 3.97. The van der Waals surface area contributed by atoms with E-state index in [1.807, 2.05) is 18.2 Å². The van der Waals surface area contributed by atoms with Crippen molar-refractivity contribution < 1.29 is 4.52 Å². The number of aliphatic imine (C=N–C) groups is 1. The highest BCUT2D eigenvalue weighted by Gasteiger charge is 2.10. The smallest absolute Gasteiger partial charge is 0.276 e. The van der Waals surface area contributed by atoms with E-state index in [1.165, 1.54) is 5.56 Å². The molecule has 0 fully saturated rings. The van der Waals surface area contributed by atoms with E-state index in [1.54, 1.807) is 17.5 Å². The molecular formula is C19H25IN6OS. The minimum atomic E-state index is 0. The Balaban J connectivity index is 0.00000280. The van der Waals surface area contributed by atoms with Crippen molar-refractivity contribution in [3.8, 4) is 11.6 Å². The van der Waals surface area contributed by atoms with Crippen LogP contribution in [0.1, 0.15) is 31.2 Å². The number of pyridine rings is 1. The van der Waals surface area contributed by atoms with Crippen molar-refractivity contribution in [2.75, 3.05) is 19.6 Å². The highest BCUT2D eigenvalue weighted by Crippen LogP contribution is 2.18. The summed E-state index contributed by atoms with van der Waals surface area (Å²) in [6.07, 6.45) is 2.35. The molecule has 3 rings (SSSR count). The molecule has 0 aliphatic heterocycles. The van der Waals surface area contributed by atoms with Gasteiger partial charge in [-0.1, -0.05) is 18.1 Å². The van der Waals surface area contributed by atoms with E-state index in [2.05, 4.69) is 61.4 Å². The quantitative estimate of drug-likeness (QED) is 0.272. The van der Waals surface area contributed by atoms with Crippen molar-refractivity contribution in [2.45, 2.75) is 26.2 Å². The van der Waals surface area contributed by atoms with E-state index in [4.69, 9.17) is 4.52 Å². The number of halogens is 1.